The van der Waals surface area contributed by atoms with Crippen molar-refractivity contribution >= 4 is 21.6 Å². The Kier molecular flexibility index (Phi) is 3.79. The monoisotopic (exact) mass is 284 g/mol. The van der Waals surface area contributed by atoms with E-state index in [9.17, 15) is 18.5 Å². The number of sulfonamides is 1. The van der Waals surface area contributed by atoms with Gasteiger partial charge < -0.3 is 4.74 Å². The summed E-state index contributed by atoms with van der Waals surface area (Å²) in [6.07, 6.45) is 2.22. The Morgan fingerprint density at radius 2 is 1.89 bits per heavy atom. The van der Waals surface area contributed by atoms with Gasteiger partial charge in [0.1, 0.15) is 0 Å². The number of ether oxygens (including phenoxy) is 1. The lowest BCUT2D eigenvalue weighted by Gasteiger charge is -2.13. The molecule has 0 bridgehead atoms. The summed E-state index contributed by atoms with van der Waals surface area (Å²) in [7, 11) is -3.86. The fraction of sp³-hybridized carbons (Fsp3) is 0.364. The third-order valence-corrected chi connectivity index (χ3v) is 3.93. The number of hydrogen-bond acceptors (Lipinski definition) is 5. The Labute approximate surface area is 110 Å². The molecule has 0 spiro atoms. The topological polar surface area (TPSA) is 98.9 Å². The van der Waals surface area contributed by atoms with Crippen molar-refractivity contribution in [2.75, 3.05) is 6.61 Å². The fourth-order valence-corrected chi connectivity index (χ4v) is 2.64. The summed E-state index contributed by atoms with van der Waals surface area (Å²) < 4.78 is 32.7. The second-order valence-corrected chi connectivity index (χ2v) is 5.62. The minimum atomic E-state index is -3.86. The van der Waals surface area contributed by atoms with Crippen LogP contribution in [0.1, 0.15) is 19.3 Å². The van der Waals surface area contributed by atoms with E-state index in [0.29, 0.717) is 13.0 Å². The SMILES string of the molecule is O=[N+]([O-])c1ccc(S(=O)(=O)N=C2CCCCO2)cc1. The zero-order chi connectivity index (χ0) is 13.9. The van der Waals surface area contributed by atoms with Gasteiger partial charge in [-0.3, -0.25) is 10.1 Å². The van der Waals surface area contributed by atoms with Crippen molar-refractivity contribution in [1.82, 2.24) is 0 Å². The van der Waals surface area contributed by atoms with Crippen LogP contribution in [0.3, 0.4) is 0 Å². The predicted molar refractivity (Wildman–Crippen MR) is 67.5 cm³/mol. The molecule has 1 fully saturated rings. The average molecular weight is 284 g/mol. The van der Waals surface area contributed by atoms with Gasteiger partial charge in [0, 0.05) is 18.6 Å². The van der Waals surface area contributed by atoms with Gasteiger partial charge in [-0.2, -0.15) is 8.42 Å². The molecule has 0 aliphatic carbocycles. The maximum Gasteiger partial charge on any atom is 0.285 e. The summed E-state index contributed by atoms with van der Waals surface area (Å²) in [4.78, 5) is 9.81. The molecule has 0 aromatic heterocycles. The number of rotatable bonds is 3. The van der Waals surface area contributed by atoms with Crippen molar-refractivity contribution in [2.24, 2.45) is 4.40 Å². The van der Waals surface area contributed by atoms with Crippen molar-refractivity contribution < 1.29 is 18.1 Å². The molecule has 1 saturated heterocycles. The van der Waals surface area contributed by atoms with E-state index in [1.54, 1.807) is 0 Å². The lowest BCUT2D eigenvalue weighted by atomic mass is 10.2. The van der Waals surface area contributed by atoms with E-state index >= 15 is 0 Å². The van der Waals surface area contributed by atoms with Crippen molar-refractivity contribution in [3.8, 4) is 0 Å². The Balaban J connectivity index is 2.26. The van der Waals surface area contributed by atoms with E-state index in [2.05, 4.69) is 4.40 Å². The van der Waals surface area contributed by atoms with Crippen LogP contribution in [-0.2, 0) is 14.8 Å². The van der Waals surface area contributed by atoms with Crippen molar-refractivity contribution in [1.29, 1.82) is 0 Å². The highest BCUT2D eigenvalue weighted by Gasteiger charge is 2.18. The highest BCUT2D eigenvalue weighted by Crippen LogP contribution is 2.19. The minimum Gasteiger partial charge on any atom is -0.480 e. The molecule has 0 unspecified atom stereocenters. The fourth-order valence-electron chi connectivity index (χ4n) is 1.64. The van der Waals surface area contributed by atoms with Crippen LogP contribution in [-0.4, -0.2) is 25.8 Å². The minimum absolute atomic E-state index is 0.0835. The van der Waals surface area contributed by atoms with Crippen LogP contribution in [0, 0.1) is 10.1 Å². The van der Waals surface area contributed by atoms with Gasteiger partial charge in [-0.05, 0) is 25.0 Å². The standard InChI is InChI=1S/C11H12N2O5S/c14-13(15)9-4-6-10(7-5-9)19(16,17)12-11-3-1-2-8-18-11/h4-7H,1-3,8H2. The van der Waals surface area contributed by atoms with Crippen molar-refractivity contribution in [3.63, 3.8) is 0 Å². The van der Waals surface area contributed by atoms with Gasteiger partial charge in [-0.15, -0.1) is 4.40 Å². The lowest BCUT2D eigenvalue weighted by molar-refractivity contribution is -0.384. The largest absolute Gasteiger partial charge is 0.480 e. The van der Waals surface area contributed by atoms with Crippen LogP contribution < -0.4 is 0 Å². The summed E-state index contributed by atoms with van der Waals surface area (Å²) in [5.74, 6) is 0.199. The molecule has 1 aromatic carbocycles. The average Bonchev–Trinajstić information content (AvgIpc) is 2.39. The summed E-state index contributed by atoms with van der Waals surface area (Å²) in [5.41, 5.74) is -0.166. The Bertz CT molecular complexity index is 598. The third-order valence-electron chi connectivity index (χ3n) is 2.62. The molecule has 1 aliphatic rings. The Morgan fingerprint density at radius 1 is 1.21 bits per heavy atom. The maximum absolute atomic E-state index is 11.9. The first-order chi connectivity index (χ1) is 8.99. The van der Waals surface area contributed by atoms with Crippen LogP contribution >= 0.6 is 0 Å². The van der Waals surface area contributed by atoms with Crippen molar-refractivity contribution in [3.05, 3.63) is 34.4 Å². The zero-order valence-corrected chi connectivity index (χ0v) is 10.8. The molecule has 0 radical (unpaired) electrons. The van der Waals surface area contributed by atoms with E-state index in [-0.39, 0.29) is 16.5 Å². The van der Waals surface area contributed by atoms with Crippen LogP contribution in [0.15, 0.2) is 33.6 Å². The quantitative estimate of drug-likeness (QED) is 0.623. The molecule has 0 amide bonds. The molecule has 1 aliphatic heterocycles. The Morgan fingerprint density at radius 3 is 2.42 bits per heavy atom. The van der Waals surface area contributed by atoms with Crippen LogP contribution in [0.5, 0.6) is 0 Å². The van der Waals surface area contributed by atoms with Gasteiger partial charge >= 0.3 is 0 Å². The maximum atomic E-state index is 11.9. The normalized spacial score (nSPS) is 18.0. The molecule has 0 atom stereocenters. The first kappa shape index (κ1) is 13.5. The van der Waals surface area contributed by atoms with Gasteiger partial charge in [-0.25, -0.2) is 0 Å². The first-order valence-electron chi connectivity index (χ1n) is 5.70. The highest BCUT2D eigenvalue weighted by molar-refractivity contribution is 7.90. The molecule has 8 heteroatoms. The molecule has 1 aromatic rings. The van der Waals surface area contributed by atoms with Gasteiger partial charge in [0.25, 0.3) is 15.7 Å². The molecule has 102 valence electrons. The molecule has 7 nitrogen and oxygen atoms in total. The molecule has 0 N–H and O–H groups in total. The number of benzene rings is 1. The number of nitro groups is 1. The van der Waals surface area contributed by atoms with E-state index in [4.69, 9.17) is 4.74 Å². The van der Waals surface area contributed by atoms with Crippen LogP contribution in [0.2, 0.25) is 0 Å². The number of nitro benzene ring substituents is 1. The highest BCUT2D eigenvalue weighted by atomic mass is 32.2. The number of non-ortho nitro benzene ring substituents is 1. The van der Waals surface area contributed by atoms with Gasteiger partial charge in [-0.1, -0.05) is 0 Å². The van der Waals surface area contributed by atoms with E-state index in [0.717, 1.165) is 25.0 Å². The first-order valence-corrected chi connectivity index (χ1v) is 7.14. The number of hydrogen-bond donors (Lipinski definition) is 0. The zero-order valence-electron chi connectivity index (χ0n) is 9.98. The van der Waals surface area contributed by atoms with Crippen LogP contribution in [0.4, 0.5) is 5.69 Å². The van der Waals surface area contributed by atoms with E-state index in [1.165, 1.54) is 12.1 Å². The van der Waals surface area contributed by atoms with Gasteiger partial charge in [0.05, 0.1) is 16.4 Å². The smallest absolute Gasteiger partial charge is 0.285 e. The van der Waals surface area contributed by atoms with Crippen molar-refractivity contribution in [2.45, 2.75) is 24.2 Å². The summed E-state index contributed by atoms with van der Waals surface area (Å²) in [5, 5.41) is 10.5. The summed E-state index contributed by atoms with van der Waals surface area (Å²) >= 11 is 0. The molecule has 19 heavy (non-hydrogen) atoms. The molecule has 1 heterocycles. The predicted octanol–water partition coefficient (Wildman–Crippen LogP) is 1.88. The van der Waals surface area contributed by atoms with E-state index in [1.807, 2.05) is 0 Å². The summed E-state index contributed by atoms with van der Waals surface area (Å²) in [6, 6.07) is 4.60. The van der Waals surface area contributed by atoms with E-state index < -0.39 is 14.9 Å². The lowest BCUT2D eigenvalue weighted by Crippen LogP contribution is -2.14. The summed E-state index contributed by atoms with van der Waals surface area (Å²) in [6.45, 7) is 0.467. The van der Waals surface area contributed by atoms with Gasteiger partial charge in [0.2, 0.25) is 0 Å². The van der Waals surface area contributed by atoms with Crippen LogP contribution in [0.25, 0.3) is 0 Å². The molecule has 0 saturated carbocycles. The molecule has 2 rings (SSSR count). The Hall–Kier alpha value is -1.96. The second-order valence-electron chi connectivity index (χ2n) is 4.02. The third kappa shape index (κ3) is 3.28. The molecular formula is C11H12N2O5S. The number of nitrogens with zero attached hydrogens (tertiary/aromatic N) is 2. The second kappa shape index (κ2) is 5.35. The molecular weight excluding hydrogens is 272 g/mol. The van der Waals surface area contributed by atoms with Gasteiger partial charge in [0.15, 0.2) is 5.90 Å².